The summed E-state index contributed by atoms with van der Waals surface area (Å²) in [6.45, 7) is 8.66. The monoisotopic (exact) mass is 687 g/mol. The molecule has 6 aromatic carbocycles. The molecule has 0 N–H and O–H groups in total. The second kappa shape index (κ2) is 21.5. The average molecular weight is 690 g/mol. The second-order valence-corrected chi connectivity index (χ2v) is 9.49. The SMILES string of the molecule is CCC.CCc1cc2c(-c3ccccc3)cccc2[cH-]1.CCc1cc2c(-c3ccccc3)cccc2[cH-]1.Cl.Cl.[CH3-].[Si].[Zr+3]. The van der Waals surface area contributed by atoms with Gasteiger partial charge in [0.2, 0.25) is 0 Å². The van der Waals surface area contributed by atoms with E-state index in [0.717, 1.165) is 12.8 Å². The number of fused-ring (bicyclic) bond motifs is 2. The molecule has 0 fully saturated rings. The third-order valence-electron chi connectivity index (χ3n) is 6.61. The van der Waals surface area contributed by atoms with Crippen LogP contribution < -0.4 is 0 Å². The molecule has 0 spiro atoms. The predicted octanol–water partition coefficient (Wildman–Crippen LogP) is 11.9. The number of aryl methyl sites for hydroxylation is 2. The topological polar surface area (TPSA) is 0 Å². The van der Waals surface area contributed by atoms with Crippen molar-refractivity contribution in [2.45, 2.75) is 47.0 Å². The van der Waals surface area contributed by atoms with Gasteiger partial charge in [-0.1, -0.05) is 118 Å². The summed E-state index contributed by atoms with van der Waals surface area (Å²) in [5, 5.41) is 5.44. The van der Waals surface area contributed by atoms with Crippen LogP contribution in [0.5, 0.6) is 0 Å². The van der Waals surface area contributed by atoms with Crippen molar-refractivity contribution in [3.8, 4) is 22.3 Å². The third kappa shape index (κ3) is 10.5. The number of hydrogen-bond donors (Lipinski definition) is 0. The Hall–Kier alpha value is -2.22. The van der Waals surface area contributed by atoms with E-state index in [9.17, 15) is 0 Å². The van der Waals surface area contributed by atoms with Gasteiger partial charge in [0, 0.05) is 11.0 Å². The normalized spacial score (nSPS) is 9.24. The molecule has 0 aliphatic rings. The molecule has 6 aromatic rings. The standard InChI is InChI=1S/2C17H15.C3H8.CH3.2ClH.Si.Zr/c2*1-2-13-11-15-9-6-10-16(17(15)12-13)14-7-4-3-5-8-14;1-3-2;;;;;/h2*3-12H,2H2,1H3;3H2,1-2H3;1H3;2*1H;;/q2*-1;;-1;;;;+3. The summed E-state index contributed by atoms with van der Waals surface area (Å²) in [6, 6.07) is 43.5. The molecule has 0 amide bonds. The number of hydrogen-bond acceptors (Lipinski definition) is 0. The van der Waals surface area contributed by atoms with Crippen molar-refractivity contribution in [1.29, 1.82) is 0 Å². The van der Waals surface area contributed by atoms with E-state index in [1.165, 1.54) is 61.3 Å². The third-order valence-corrected chi connectivity index (χ3v) is 6.61. The van der Waals surface area contributed by atoms with Gasteiger partial charge in [0.15, 0.2) is 0 Å². The smallest absolute Gasteiger partial charge is 0.358 e. The van der Waals surface area contributed by atoms with Crippen LogP contribution >= 0.6 is 24.8 Å². The molecule has 0 saturated heterocycles. The van der Waals surface area contributed by atoms with E-state index in [2.05, 4.69) is 149 Å². The summed E-state index contributed by atoms with van der Waals surface area (Å²) in [6.07, 6.45) is 3.45. The maximum absolute atomic E-state index is 2.32. The van der Waals surface area contributed by atoms with Gasteiger partial charge in [-0.2, -0.15) is 12.1 Å². The first-order valence-electron chi connectivity index (χ1n) is 13.7. The van der Waals surface area contributed by atoms with Crippen molar-refractivity contribution in [2.75, 3.05) is 0 Å². The average Bonchev–Trinajstić information content (AvgIpc) is 3.58. The van der Waals surface area contributed by atoms with E-state index < -0.39 is 0 Å². The van der Waals surface area contributed by atoms with E-state index in [1.54, 1.807) is 0 Å². The maximum Gasteiger partial charge on any atom is 3.00 e. The van der Waals surface area contributed by atoms with Crippen molar-refractivity contribution in [3.05, 3.63) is 140 Å². The van der Waals surface area contributed by atoms with Crippen LogP contribution in [0.4, 0.5) is 0 Å². The summed E-state index contributed by atoms with van der Waals surface area (Å²) in [4.78, 5) is 0. The van der Waals surface area contributed by atoms with Gasteiger partial charge in [0.1, 0.15) is 0 Å². The van der Waals surface area contributed by atoms with Gasteiger partial charge < -0.3 is 7.43 Å². The quantitative estimate of drug-likeness (QED) is 0.128. The van der Waals surface area contributed by atoms with Gasteiger partial charge >= 0.3 is 26.2 Å². The van der Waals surface area contributed by atoms with Crippen LogP contribution in [0.25, 0.3) is 43.8 Å². The summed E-state index contributed by atoms with van der Waals surface area (Å²) >= 11 is 0. The predicted molar refractivity (Wildman–Crippen MR) is 191 cm³/mol. The zero-order valence-electron chi connectivity index (χ0n) is 25.5. The fraction of sp³-hybridized carbons (Fsp3) is 0.184. The van der Waals surface area contributed by atoms with Crippen molar-refractivity contribution < 1.29 is 26.2 Å². The Morgan fingerprint density at radius 2 is 0.833 bits per heavy atom. The van der Waals surface area contributed by atoms with E-state index in [0.29, 0.717) is 0 Å². The first-order chi connectivity index (χ1) is 18.2. The van der Waals surface area contributed by atoms with Gasteiger partial charge in [-0.15, -0.1) is 93.9 Å². The molecule has 0 atom stereocenters. The van der Waals surface area contributed by atoms with Crippen LogP contribution in [-0.4, -0.2) is 11.0 Å². The Labute approximate surface area is 290 Å². The molecule has 0 unspecified atom stereocenters. The summed E-state index contributed by atoms with van der Waals surface area (Å²) < 4.78 is 0. The van der Waals surface area contributed by atoms with Crippen LogP contribution in [-0.2, 0) is 39.0 Å². The number of rotatable bonds is 4. The van der Waals surface area contributed by atoms with Crippen molar-refractivity contribution in [2.24, 2.45) is 0 Å². The molecule has 5 radical (unpaired) electrons. The molecule has 0 nitrogen and oxygen atoms in total. The first kappa shape index (κ1) is 41.9. The Kier molecular flexibility index (Phi) is 21.4. The fourth-order valence-electron chi connectivity index (χ4n) is 4.74. The van der Waals surface area contributed by atoms with Crippen LogP contribution in [0.15, 0.2) is 121 Å². The van der Waals surface area contributed by atoms with Crippen LogP contribution in [0, 0.1) is 7.43 Å². The molecule has 0 bridgehead atoms. The van der Waals surface area contributed by atoms with E-state index in [4.69, 9.17) is 0 Å². The van der Waals surface area contributed by atoms with Crippen molar-refractivity contribution >= 4 is 57.3 Å². The maximum atomic E-state index is 2.32. The minimum Gasteiger partial charge on any atom is -0.358 e. The van der Waals surface area contributed by atoms with E-state index in [1.807, 2.05) is 0 Å². The molecule has 6 rings (SSSR count). The van der Waals surface area contributed by atoms with Gasteiger partial charge in [-0.25, -0.2) is 0 Å². The van der Waals surface area contributed by atoms with Gasteiger partial charge in [-0.3, -0.25) is 0 Å². The molecular formula is C38H43Cl2SiZr. The molecule has 42 heavy (non-hydrogen) atoms. The van der Waals surface area contributed by atoms with Crippen LogP contribution in [0.3, 0.4) is 0 Å². The molecule has 0 aliphatic heterocycles. The van der Waals surface area contributed by atoms with E-state index >= 15 is 0 Å². The van der Waals surface area contributed by atoms with Gasteiger partial charge in [0.25, 0.3) is 0 Å². The second-order valence-electron chi connectivity index (χ2n) is 9.49. The minimum absolute atomic E-state index is 0. The Balaban J connectivity index is 0. The zero-order chi connectivity index (χ0) is 26.0. The zero-order valence-corrected chi connectivity index (χ0v) is 30.6. The molecule has 4 heteroatoms. The van der Waals surface area contributed by atoms with E-state index in [-0.39, 0.29) is 69.4 Å². The number of benzene rings is 4. The van der Waals surface area contributed by atoms with Crippen LogP contribution in [0.1, 0.15) is 45.2 Å². The molecule has 0 saturated carbocycles. The van der Waals surface area contributed by atoms with Crippen LogP contribution in [0.2, 0.25) is 0 Å². The Morgan fingerprint density at radius 3 is 1.14 bits per heavy atom. The Morgan fingerprint density at radius 1 is 0.500 bits per heavy atom. The molecule has 217 valence electrons. The van der Waals surface area contributed by atoms with Gasteiger partial charge in [-0.05, 0) is 24.0 Å². The Bertz CT molecular complexity index is 1420. The summed E-state index contributed by atoms with van der Waals surface area (Å²) in [7, 11) is 0. The molecular weight excluding hydrogens is 647 g/mol. The minimum atomic E-state index is 0. The molecule has 0 aromatic heterocycles. The van der Waals surface area contributed by atoms with Crippen molar-refractivity contribution in [1.82, 2.24) is 0 Å². The first-order valence-corrected chi connectivity index (χ1v) is 13.7. The largest absolute Gasteiger partial charge is 3.00 e. The summed E-state index contributed by atoms with van der Waals surface area (Å²) in [5.41, 5.74) is 8.11. The summed E-state index contributed by atoms with van der Waals surface area (Å²) in [5.74, 6) is 0. The van der Waals surface area contributed by atoms with Crippen molar-refractivity contribution in [3.63, 3.8) is 0 Å². The fourth-order valence-corrected chi connectivity index (χ4v) is 4.74. The number of halogens is 2. The van der Waals surface area contributed by atoms with Gasteiger partial charge in [0.05, 0.1) is 0 Å². The molecule has 0 aliphatic carbocycles. The molecule has 0 heterocycles.